The van der Waals surface area contributed by atoms with Crippen molar-refractivity contribution < 1.29 is 13.6 Å². The number of aromatic nitrogens is 1. The van der Waals surface area contributed by atoms with E-state index >= 15 is 0 Å². The highest BCUT2D eigenvalue weighted by molar-refractivity contribution is 6.31. The van der Waals surface area contributed by atoms with Crippen LogP contribution in [0.3, 0.4) is 0 Å². The van der Waals surface area contributed by atoms with Crippen molar-refractivity contribution in [3.05, 3.63) is 69.9 Å². The van der Waals surface area contributed by atoms with Crippen molar-refractivity contribution in [1.82, 2.24) is 9.88 Å². The highest BCUT2D eigenvalue weighted by atomic mass is 35.5. The van der Waals surface area contributed by atoms with Gasteiger partial charge in [-0.2, -0.15) is 0 Å². The van der Waals surface area contributed by atoms with Crippen molar-refractivity contribution in [2.24, 2.45) is 0 Å². The minimum absolute atomic E-state index is 0.141. The van der Waals surface area contributed by atoms with Crippen molar-refractivity contribution in [1.29, 1.82) is 0 Å². The van der Waals surface area contributed by atoms with E-state index < -0.39 is 5.76 Å². The quantitative estimate of drug-likeness (QED) is 0.557. The summed E-state index contributed by atoms with van der Waals surface area (Å²) in [4.78, 5) is 24.3. The van der Waals surface area contributed by atoms with Gasteiger partial charge in [0.15, 0.2) is 5.58 Å². The molecule has 0 aliphatic heterocycles. The zero-order chi connectivity index (χ0) is 19.0. The van der Waals surface area contributed by atoms with Gasteiger partial charge in [0, 0.05) is 29.4 Å². The first kappa shape index (κ1) is 17.4. The van der Waals surface area contributed by atoms with Crippen LogP contribution in [0.2, 0.25) is 5.02 Å². The SMILES string of the molecule is C[C@@H](NC(=O)CCn1c(=O)oc2cc(Cl)ccc21)c1cc2ccccc2o1. The molecule has 0 unspecified atom stereocenters. The first-order valence-corrected chi connectivity index (χ1v) is 8.96. The molecule has 0 aliphatic carbocycles. The van der Waals surface area contributed by atoms with Crippen LogP contribution in [-0.2, 0) is 11.3 Å². The third-order valence-corrected chi connectivity index (χ3v) is 4.68. The molecule has 0 saturated carbocycles. The average molecular weight is 385 g/mol. The van der Waals surface area contributed by atoms with Crippen LogP contribution in [0.1, 0.15) is 25.1 Å². The van der Waals surface area contributed by atoms with Crippen LogP contribution in [-0.4, -0.2) is 10.5 Å². The van der Waals surface area contributed by atoms with Gasteiger partial charge in [-0.3, -0.25) is 9.36 Å². The van der Waals surface area contributed by atoms with Gasteiger partial charge < -0.3 is 14.2 Å². The molecular formula is C20H17ClN2O4. The molecule has 4 aromatic rings. The number of para-hydroxylation sites is 1. The molecule has 0 radical (unpaired) electrons. The summed E-state index contributed by atoms with van der Waals surface area (Å²) in [6.07, 6.45) is 0.141. The lowest BCUT2D eigenvalue weighted by Gasteiger charge is -2.11. The van der Waals surface area contributed by atoms with E-state index in [-0.39, 0.29) is 24.9 Å². The van der Waals surface area contributed by atoms with Crippen LogP contribution in [0.15, 0.2) is 62.2 Å². The largest absolute Gasteiger partial charge is 0.459 e. The first-order valence-electron chi connectivity index (χ1n) is 8.58. The van der Waals surface area contributed by atoms with Gasteiger partial charge in [0.25, 0.3) is 0 Å². The number of benzene rings is 2. The van der Waals surface area contributed by atoms with E-state index in [2.05, 4.69) is 5.32 Å². The number of oxazole rings is 1. The maximum absolute atomic E-state index is 12.3. The number of furan rings is 1. The highest BCUT2D eigenvalue weighted by Gasteiger charge is 2.16. The molecule has 0 bridgehead atoms. The van der Waals surface area contributed by atoms with Crippen molar-refractivity contribution in [3.8, 4) is 0 Å². The molecular weight excluding hydrogens is 368 g/mol. The maximum Gasteiger partial charge on any atom is 0.419 e. The molecule has 2 heterocycles. The van der Waals surface area contributed by atoms with Gasteiger partial charge in [-0.1, -0.05) is 29.8 Å². The summed E-state index contributed by atoms with van der Waals surface area (Å²) < 4.78 is 12.4. The molecule has 27 heavy (non-hydrogen) atoms. The van der Waals surface area contributed by atoms with Crippen LogP contribution in [0, 0.1) is 0 Å². The minimum atomic E-state index is -0.509. The number of hydrogen-bond acceptors (Lipinski definition) is 4. The molecule has 1 amide bonds. The van der Waals surface area contributed by atoms with E-state index in [1.165, 1.54) is 4.57 Å². The lowest BCUT2D eigenvalue weighted by Crippen LogP contribution is -2.28. The molecule has 0 fully saturated rings. The Morgan fingerprint density at radius 2 is 1.96 bits per heavy atom. The molecule has 2 aromatic carbocycles. The Bertz CT molecular complexity index is 1150. The van der Waals surface area contributed by atoms with E-state index in [9.17, 15) is 9.59 Å². The first-order chi connectivity index (χ1) is 13.0. The number of carbonyl (C=O) groups excluding carboxylic acids is 1. The Morgan fingerprint density at radius 3 is 2.78 bits per heavy atom. The molecule has 0 aliphatic rings. The van der Waals surface area contributed by atoms with Gasteiger partial charge in [-0.05, 0) is 31.2 Å². The monoisotopic (exact) mass is 384 g/mol. The van der Waals surface area contributed by atoms with E-state index in [0.717, 1.165) is 11.0 Å². The van der Waals surface area contributed by atoms with Crippen molar-refractivity contribution in [2.75, 3.05) is 0 Å². The van der Waals surface area contributed by atoms with Crippen LogP contribution in [0.25, 0.3) is 22.1 Å². The van der Waals surface area contributed by atoms with Crippen LogP contribution in [0.4, 0.5) is 0 Å². The summed E-state index contributed by atoms with van der Waals surface area (Å²) in [5.74, 6) is -0.00584. The molecule has 0 saturated heterocycles. The molecule has 1 atom stereocenters. The second-order valence-electron chi connectivity index (χ2n) is 6.36. The molecule has 138 valence electrons. The second kappa shape index (κ2) is 6.96. The number of nitrogens with one attached hydrogen (secondary N) is 1. The van der Waals surface area contributed by atoms with E-state index in [1.807, 2.05) is 37.3 Å². The van der Waals surface area contributed by atoms with Crippen LogP contribution >= 0.6 is 11.6 Å². The topological polar surface area (TPSA) is 77.4 Å². The Kier molecular flexibility index (Phi) is 4.49. The summed E-state index contributed by atoms with van der Waals surface area (Å²) in [5, 5.41) is 4.37. The van der Waals surface area contributed by atoms with Gasteiger partial charge in [0.2, 0.25) is 5.91 Å². The molecule has 0 spiro atoms. The number of amides is 1. The van der Waals surface area contributed by atoms with Gasteiger partial charge in [0.05, 0.1) is 11.6 Å². The van der Waals surface area contributed by atoms with Gasteiger partial charge in [-0.25, -0.2) is 4.79 Å². The number of carbonyl (C=O) groups is 1. The van der Waals surface area contributed by atoms with Gasteiger partial charge in [0.1, 0.15) is 11.3 Å². The van der Waals surface area contributed by atoms with Crippen molar-refractivity contribution >= 4 is 39.6 Å². The standard InChI is InChI=1S/C20H17ClN2O4/c1-12(17-10-13-4-2-3-5-16(13)26-17)22-19(24)8-9-23-15-7-6-14(21)11-18(15)27-20(23)25/h2-7,10-12H,8-9H2,1H3,(H,22,24)/t12-/m1/s1. The van der Waals surface area contributed by atoms with E-state index in [0.29, 0.717) is 21.9 Å². The predicted octanol–water partition coefficient (Wildman–Crippen LogP) is 4.26. The molecule has 1 N–H and O–H groups in total. The zero-order valence-electron chi connectivity index (χ0n) is 14.6. The summed E-state index contributed by atoms with van der Waals surface area (Å²) >= 11 is 5.91. The van der Waals surface area contributed by atoms with Crippen molar-refractivity contribution in [3.63, 3.8) is 0 Å². The van der Waals surface area contributed by atoms with Crippen LogP contribution in [0.5, 0.6) is 0 Å². The fourth-order valence-electron chi connectivity index (χ4n) is 3.07. The number of aryl methyl sites for hydroxylation is 1. The smallest absolute Gasteiger partial charge is 0.419 e. The Hall–Kier alpha value is -2.99. The second-order valence-corrected chi connectivity index (χ2v) is 6.79. The van der Waals surface area contributed by atoms with E-state index in [4.69, 9.17) is 20.4 Å². The molecule has 4 rings (SSSR count). The summed E-state index contributed by atoms with van der Waals surface area (Å²) in [5.41, 5.74) is 1.80. The van der Waals surface area contributed by atoms with Crippen LogP contribution < -0.4 is 11.1 Å². The number of nitrogens with zero attached hydrogens (tertiary/aromatic N) is 1. The Balaban J connectivity index is 1.44. The molecule has 7 heteroatoms. The number of halogens is 1. The molecule has 6 nitrogen and oxygen atoms in total. The lowest BCUT2D eigenvalue weighted by atomic mass is 10.2. The van der Waals surface area contributed by atoms with Gasteiger partial charge in [-0.15, -0.1) is 0 Å². The normalized spacial score (nSPS) is 12.5. The third kappa shape index (κ3) is 3.48. The lowest BCUT2D eigenvalue weighted by molar-refractivity contribution is -0.122. The van der Waals surface area contributed by atoms with Gasteiger partial charge >= 0.3 is 5.76 Å². The summed E-state index contributed by atoms with van der Waals surface area (Å²) in [6, 6.07) is 14.3. The Morgan fingerprint density at radius 1 is 1.15 bits per heavy atom. The van der Waals surface area contributed by atoms with Crippen molar-refractivity contribution in [2.45, 2.75) is 25.9 Å². The number of hydrogen-bond donors (Lipinski definition) is 1. The Labute approximate surface area is 159 Å². The molecule has 2 aromatic heterocycles. The summed E-state index contributed by atoms with van der Waals surface area (Å²) in [7, 11) is 0. The van der Waals surface area contributed by atoms with E-state index in [1.54, 1.807) is 18.2 Å². The third-order valence-electron chi connectivity index (χ3n) is 4.44. The highest BCUT2D eigenvalue weighted by Crippen LogP contribution is 2.23. The number of rotatable bonds is 5. The average Bonchev–Trinajstić information content (AvgIpc) is 3.20. The predicted molar refractivity (Wildman–Crippen MR) is 103 cm³/mol. The summed E-state index contributed by atoms with van der Waals surface area (Å²) in [6.45, 7) is 2.07. The number of fused-ring (bicyclic) bond motifs is 2. The maximum atomic E-state index is 12.3. The fraction of sp³-hybridized carbons (Fsp3) is 0.200. The zero-order valence-corrected chi connectivity index (χ0v) is 15.3. The fourth-order valence-corrected chi connectivity index (χ4v) is 3.23. The minimum Gasteiger partial charge on any atom is -0.459 e.